The third-order valence-electron chi connectivity index (χ3n) is 5.09. The second kappa shape index (κ2) is 5.55. The summed E-state index contributed by atoms with van der Waals surface area (Å²) in [6, 6.07) is 3.10. The van der Waals surface area contributed by atoms with E-state index < -0.39 is 46.9 Å². The van der Waals surface area contributed by atoms with Gasteiger partial charge in [-0.2, -0.15) is 0 Å². The van der Waals surface area contributed by atoms with E-state index in [2.05, 4.69) is 5.32 Å². The number of aliphatic carboxylic acids is 2. The molecule has 134 valence electrons. The van der Waals surface area contributed by atoms with Gasteiger partial charge in [-0.1, -0.05) is 23.2 Å². The van der Waals surface area contributed by atoms with Gasteiger partial charge in [-0.15, -0.1) is 0 Å². The van der Waals surface area contributed by atoms with Crippen LogP contribution in [0.4, 0.5) is 4.39 Å². The Morgan fingerprint density at radius 1 is 1.24 bits per heavy atom. The molecule has 0 bridgehead atoms. The van der Waals surface area contributed by atoms with E-state index in [1.165, 1.54) is 18.2 Å². The maximum atomic E-state index is 14.5. The van der Waals surface area contributed by atoms with Crippen molar-refractivity contribution in [3.05, 3.63) is 33.8 Å². The number of nitrogens with one attached hydrogen (secondary N) is 1. The van der Waals surface area contributed by atoms with Crippen LogP contribution in [-0.2, 0) is 9.59 Å². The summed E-state index contributed by atoms with van der Waals surface area (Å²) in [5, 5.41) is 21.3. The molecular formula is C15H13Cl2FN2O5. The van der Waals surface area contributed by atoms with E-state index in [1.807, 2.05) is 0 Å². The molecule has 5 unspecified atom stereocenters. The van der Waals surface area contributed by atoms with Gasteiger partial charge < -0.3 is 21.3 Å². The number of carboxylic acids is 2. The number of alkyl halides is 1. The molecule has 0 heterocycles. The lowest BCUT2D eigenvalue weighted by Gasteiger charge is -2.27. The third-order valence-corrected chi connectivity index (χ3v) is 5.82. The molecule has 0 aliphatic heterocycles. The van der Waals surface area contributed by atoms with Crippen molar-refractivity contribution in [1.82, 2.24) is 5.32 Å². The second-order valence-corrected chi connectivity index (χ2v) is 7.08. The fraction of sp³-hybridized carbons (Fsp3) is 0.400. The van der Waals surface area contributed by atoms with Crippen molar-refractivity contribution in [3.8, 4) is 0 Å². The van der Waals surface area contributed by atoms with Gasteiger partial charge in [0.25, 0.3) is 5.91 Å². The van der Waals surface area contributed by atoms with Crippen molar-refractivity contribution in [2.75, 3.05) is 0 Å². The summed E-state index contributed by atoms with van der Waals surface area (Å²) in [7, 11) is 0. The van der Waals surface area contributed by atoms with E-state index in [4.69, 9.17) is 34.0 Å². The highest BCUT2D eigenvalue weighted by Crippen LogP contribution is 2.67. The van der Waals surface area contributed by atoms with Gasteiger partial charge >= 0.3 is 11.9 Å². The van der Waals surface area contributed by atoms with Crippen LogP contribution < -0.4 is 11.1 Å². The fourth-order valence-corrected chi connectivity index (χ4v) is 4.12. The molecule has 0 aromatic heterocycles. The number of carbonyl (C=O) groups is 3. The molecule has 1 aromatic rings. The van der Waals surface area contributed by atoms with Gasteiger partial charge in [0.1, 0.15) is 0 Å². The Balaban J connectivity index is 1.83. The predicted molar refractivity (Wildman–Crippen MR) is 85.3 cm³/mol. The van der Waals surface area contributed by atoms with Gasteiger partial charge in [0.05, 0.1) is 21.5 Å². The van der Waals surface area contributed by atoms with E-state index in [0.717, 1.165) is 0 Å². The van der Waals surface area contributed by atoms with Gasteiger partial charge in [-0.25, -0.2) is 9.18 Å². The Morgan fingerprint density at radius 2 is 1.88 bits per heavy atom. The number of amides is 1. The molecule has 2 aliphatic rings. The molecule has 2 aliphatic carbocycles. The van der Waals surface area contributed by atoms with Crippen LogP contribution in [-0.4, -0.2) is 45.3 Å². The number of carbonyl (C=O) groups excluding carboxylic acids is 1. The first-order valence-corrected chi connectivity index (χ1v) is 8.00. The number of hydrogen-bond donors (Lipinski definition) is 4. The first-order chi connectivity index (χ1) is 11.5. The van der Waals surface area contributed by atoms with Gasteiger partial charge in [-0.3, -0.25) is 9.59 Å². The topological polar surface area (TPSA) is 130 Å². The molecule has 2 fully saturated rings. The summed E-state index contributed by atoms with van der Waals surface area (Å²) in [6.07, 6.45) is -0.191. The molecule has 5 N–H and O–H groups in total. The monoisotopic (exact) mass is 390 g/mol. The Bertz CT molecular complexity index is 806. The van der Waals surface area contributed by atoms with Gasteiger partial charge in [0.2, 0.25) is 5.67 Å². The molecule has 25 heavy (non-hydrogen) atoms. The first-order valence-electron chi connectivity index (χ1n) is 7.25. The van der Waals surface area contributed by atoms with Crippen LogP contribution in [0.1, 0.15) is 16.8 Å². The minimum absolute atomic E-state index is 0.134. The number of hydrogen-bond acceptors (Lipinski definition) is 4. The molecule has 0 saturated heterocycles. The zero-order valence-corrected chi connectivity index (χ0v) is 14.0. The van der Waals surface area contributed by atoms with Crippen LogP contribution in [0.25, 0.3) is 0 Å². The summed E-state index contributed by atoms with van der Waals surface area (Å²) >= 11 is 11.6. The predicted octanol–water partition coefficient (Wildman–Crippen LogP) is 1.32. The summed E-state index contributed by atoms with van der Waals surface area (Å²) in [4.78, 5) is 35.0. The van der Waals surface area contributed by atoms with Crippen molar-refractivity contribution in [3.63, 3.8) is 0 Å². The van der Waals surface area contributed by atoms with Crippen molar-refractivity contribution < 1.29 is 29.0 Å². The number of nitrogens with two attached hydrogens (primary N) is 1. The Morgan fingerprint density at radius 3 is 2.40 bits per heavy atom. The zero-order valence-electron chi connectivity index (χ0n) is 12.5. The third kappa shape index (κ3) is 2.32. The number of benzene rings is 1. The zero-order chi connectivity index (χ0) is 18.7. The van der Waals surface area contributed by atoms with E-state index in [1.54, 1.807) is 0 Å². The quantitative estimate of drug-likeness (QED) is 0.613. The minimum atomic E-state index is -2.80. The van der Waals surface area contributed by atoms with Crippen LogP contribution in [0.15, 0.2) is 18.2 Å². The highest BCUT2D eigenvalue weighted by atomic mass is 35.5. The van der Waals surface area contributed by atoms with E-state index in [0.29, 0.717) is 0 Å². The Hall–Kier alpha value is -1.90. The molecule has 0 spiro atoms. The van der Waals surface area contributed by atoms with E-state index in [-0.39, 0.29) is 22.0 Å². The number of carboxylic acid groups (broad SMARTS) is 2. The lowest BCUT2D eigenvalue weighted by Crippen LogP contribution is -2.54. The second-order valence-electron chi connectivity index (χ2n) is 6.26. The molecule has 2 saturated carbocycles. The van der Waals surface area contributed by atoms with Crippen LogP contribution in [0.5, 0.6) is 0 Å². The molecule has 1 aromatic carbocycles. The summed E-state index contributed by atoms with van der Waals surface area (Å²) < 4.78 is 14.5. The molecule has 5 atom stereocenters. The molecule has 10 heteroatoms. The lowest BCUT2D eigenvalue weighted by molar-refractivity contribution is -0.149. The number of halogens is 3. The largest absolute Gasteiger partial charge is 0.481 e. The summed E-state index contributed by atoms with van der Waals surface area (Å²) in [6.45, 7) is 0. The first kappa shape index (κ1) is 17.9. The molecule has 7 nitrogen and oxygen atoms in total. The normalized spacial score (nSPS) is 35.8. The van der Waals surface area contributed by atoms with Crippen molar-refractivity contribution in [2.45, 2.75) is 23.7 Å². The highest BCUT2D eigenvalue weighted by molar-refractivity contribution is 6.42. The van der Waals surface area contributed by atoms with E-state index in [9.17, 15) is 23.9 Å². The average Bonchev–Trinajstić information content (AvgIpc) is 2.84. The van der Waals surface area contributed by atoms with Gasteiger partial charge in [0.15, 0.2) is 0 Å². The molecular weight excluding hydrogens is 378 g/mol. The summed E-state index contributed by atoms with van der Waals surface area (Å²) in [5.74, 6) is -6.65. The smallest absolute Gasteiger partial charge is 0.343 e. The van der Waals surface area contributed by atoms with Crippen LogP contribution in [0, 0.1) is 11.8 Å². The van der Waals surface area contributed by atoms with Crippen molar-refractivity contribution in [1.29, 1.82) is 0 Å². The lowest BCUT2D eigenvalue weighted by atomic mass is 9.89. The Labute approximate surface area is 150 Å². The maximum Gasteiger partial charge on any atom is 0.343 e. The molecule has 0 radical (unpaired) electrons. The SMILES string of the molecule is NC12C(C(=O)O)C(NC(=O)c3ccc(Cl)c(Cl)c3)CC1C2(F)C(=O)O. The van der Waals surface area contributed by atoms with Crippen LogP contribution in [0.2, 0.25) is 10.0 Å². The standard InChI is InChI=1S/C15H13Cl2FN2O5/c16-6-2-1-5(3-7(6)17)11(21)20-8-4-9-14(18,13(24)25)15(9,19)10(8)12(22)23/h1-3,8-10H,4,19H2,(H,20,21)(H,22,23)(H,24,25). The van der Waals surface area contributed by atoms with Crippen LogP contribution in [0.3, 0.4) is 0 Å². The summed E-state index contributed by atoms with van der Waals surface area (Å²) in [5.41, 5.74) is 1.07. The highest BCUT2D eigenvalue weighted by Gasteiger charge is 2.89. The maximum absolute atomic E-state index is 14.5. The van der Waals surface area contributed by atoms with Gasteiger partial charge in [0, 0.05) is 17.5 Å². The van der Waals surface area contributed by atoms with Crippen molar-refractivity contribution in [2.24, 2.45) is 17.6 Å². The minimum Gasteiger partial charge on any atom is -0.481 e. The Kier molecular flexibility index (Phi) is 3.98. The molecule has 3 rings (SSSR count). The fourth-order valence-electron chi connectivity index (χ4n) is 3.82. The van der Waals surface area contributed by atoms with E-state index >= 15 is 0 Å². The van der Waals surface area contributed by atoms with Crippen molar-refractivity contribution >= 4 is 41.0 Å². The number of fused-ring (bicyclic) bond motifs is 1. The average molecular weight is 391 g/mol. The van der Waals surface area contributed by atoms with Crippen LogP contribution >= 0.6 is 23.2 Å². The van der Waals surface area contributed by atoms with Gasteiger partial charge in [-0.05, 0) is 24.6 Å². The molecule has 1 amide bonds. The number of rotatable bonds is 4.